The van der Waals surface area contributed by atoms with E-state index in [9.17, 15) is 8.76 Å². The third kappa shape index (κ3) is 3.71. The van der Waals surface area contributed by atoms with Crippen LogP contribution in [0.25, 0.3) is 0 Å². The molecule has 0 aliphatic carbocycles. The van der Waals surface area contributed by atoms with Crippen molar-refractivity contribution in [1.29, 1.82) is 0 Å². The van der Waals surface area contributed by atoms with Gasteiger partial charge in [0, 0.05) is 23.9 Å². The molecule has 4 nitrogen and oxygen atoms in total. The van der Waals surface area contributed by atoms with Crippen LogP contribution in [0.3, 0.4) is 0 Å². The highest BCUT2D eigenvalue weighted by molar-refractivity contribution is 7.77. The van der Waals surface area contributed by atoms with Crippen LogP contribution in [-0.2, 0) is 17.8 Å². The van der Waals surface area contributed by atoms with Crippen molar-refractivity contribution in [2.45, 2.75) is 26.4 Å². The van der Waals surface area contributed by atoms with E-state index in [0.29, 0.717) is 6.54 Å². The van der Waals surface area contributed by atoms with Crippen molar-refractivity contribution in [2.75, 3.05) is 0 Å². The van der Waals surface area contributed by atoms with Crippen LogP contribution in [0.2, 0.25) is 0 Å². The number of hydrogen-bond acceptors (Lipinski definition) is 3. The van der Waals surface area contributed by atoms with E-state index in [4.69, 9.17) is 5.73 Å². The Bertz CT molecular complexity index is 366. The van der Waals surface area contributed by atoms with Gasteiger partial charge in [0.25, 0.3) is 0 Å². The molecule has 1 rings (SSSR count). The van der Waals surface area contributed by atoms with Crippen LogP contribution in [0.4, 0.5) is 0 Å². The number of benzene rings is 1. The summed E-state index contributed by atoms with van der Waals surface area (Å²) in [6.45, 7) is 4.18. The molecule has 0 fully saturated rings. The molecule has 0 aliphatic heterocycles. The van der Waals surface area contributed by atoms with E-state index in [1.165, 1.54) is 0 Å². The van der Waals surface area contributed by atoms with Crippen molar-refractivity contribution < 1.29 is 8.76 Å². The maximum atomic E-state index is 10.3. The first kappa shape index (κ1) is 12.3. The topological polar surface area (TPSA) is 78.2 Å². The van der Waals surface area contributed by atoms with Gasteiger partial charge in [0.1, 0.15) is 0 Å². The van der Waals surface area contributed by atoms with E-state index < -0.39 is 11.3 Å². The molecule has 15 heavy (non-hydrogen) atoms. The van der Waals surface area contributed by atoms with Crippen molar-refractivity contribution >= 4 is 11.3 Å². The smallest absolute Gasteiger partial charge is 0.0325 e. The molecule has 0 aliphatic rings. The SMILES string of the molecule is Cc1cc([C@@H](C)N)ccc1CNS(=O)[O-]. The predicted octanol–water partition coefficient (Wildman–Crippen LogP) is 0.898. The molecule has 1 aromatic rings. The molecule has 0 saturated carbocycles. The van der Waals surface area contributed by atoms with Gasteiger partial charge in [-0.3, -0.25) is 4.21 Å². The van der Waals surface area contributed by atoms with Crippen LogP contribution in [0, 0.1) is 6.92 Å². The van der Waals surface area contributed by atoms with Gasteiger partial charge < -0.3 is 10.3 Å². The second-order valence-electron chi connectivity index (χ2n) is 3.53. The van der Waals surface area contributed by atoms with Gasteiger partial charge in [0.15, 0.2) is 0 Å². The fraction of sp³-hybridized carbons (Fsp3) is 0.400. The second kappa shape index (κ2) is 5.37. The van der Waals surface area contributed by atoms with Crippen LogP contribution in [0.5, 0.6) is 0 Å². The normalized spacial score (nSPS) is 14.9. The Morgan fingerprint density at radius 2 is 2.27 bits per heavy atom. The first-order valence-electron chi connectivity index (χ1n) is 4.68. The minimum atomic E-state index is -2.21. The highest BCUT2D eigenvalue weighted by atomic mass is 32.2. The van der Waals surface area contributed by atoms with Gasteiger partial charge in [0.05, 0.1) is 0 Å². The Morgan fingerprint density at radius 1 is 1.60 bits per heavy atom. The summed E-state index contributed by atoms with van der Waals surface area (Å²) in [5, 5.41) is 0. The van der Waals surface area contributed by atoms with Gasteiger partial charge in [0.2, 0.25) is 0 Å². The minimum Gasteiger partial charge on any atom is -0.760 e. The zero-order chi connectivity index (χ0) is 11.4. The maximum absolute atomic E-state index is 10.3. The van der Waals surface area contributed by atoms with Crippen molar-refractivity contribution in [2.24, 2.45) is 5.73 Å². The van der Waals surface area contributed by atoms with Crippen LogP contribution in [-0.4, -0.2) is 8.76 Å². The lowest BCUT2D eigenvalue weighted by atomic mass is 10.0. The number of nitrogens with two attached hydrogens (primary N) is 1. The van der Waals surface area contributed by atoms with Gasteiger partial charge >= 0.3 is 0 Å². The molecule has 84 valence electrons. The summed E-state index contributed by atoms with van der Waals surface area (Å²) in [6, 6.07) is 5.80. The summed E-state index contributed by atoms with van der Waals surface area (Å²) >= 11 is -2.21. The molecule has 0 radical (unpaired) electrons. The number of nitrogens with one attached hydrogen (secondary N) is 1. The van der Waals surface area contributed by atoms with Crippen molar-refractivity contribution in [3.63, 3.8) is 0 Å². The van der Waals surface area contributed by atoms with E-state index >= 15 is 0 Å². The lowest BCUT2D eigenvalue weighted by molar-refractivity contribution is 0.522. The van der Waals surface area contributed by atoms with Gasteiger partial charge in [-0.05, 0) is 30.5 Å². The van der Waals surface area contributed by atoms with Gasteiger partial charge in [-0.2, -0.15) is 0 Å². The summed E-state index contributed by atoms with van der Waals surface area (Å²) in [7, 11) is 0. The third-order valence-corrected chi connectivity index (χ3v) is 2.65. The van der Waals surface area contributed by atoms with E-state index in [1.807, 2.05) is 32.0 Å². The van der Waals surface area contributed by atoms with Gasteiger partial charge in [-0.1, -0.05) is 18.2 Å². The van der Waals surface area contributed by atoms with E-state index in [0.717, 1.165) is 16.7 Å². The lowest BCUT2D eigenvalue weighted by Gasteiger charge is -2.12. The highest BCUT2D eigenvalue weighted by Gasteiger charge is 2.02. The summed E-state index contributed by atoms with van der Waals surface area (Å²) in [6.07, 6.45) is 0. The molecule has 2 atom stereocenters. The maximum Gasteiger partial charge on any atom is 0.0325 e. The third-order valence-electron chi connectivity index (χ3n) is 2.27. The Kier molecular flexibility index (Phi) is 4.41. The number of hydrogen-bond donors (Lipinski definition) is 2. The Hall–Kier alpha value is -0.750. The molecule has 0 saturated heterocycles. The zero-order valence-electron chi connectivity index (χ0n) is 8.82. The van der Waals surface area contributed by atoms with Crippen LogP contribution in [0.1, 0.15) is 29.7 Å². The van der Waals surface area contributed by atoms with Crippen LogP contribution >= 0.6 is 0 Å². The average Bonchev–Trinajstić information content (AvgIpc) is 2.15. The standard InChI is InChI=1S/C10H16N2O2S/c1-7-5-9(8(2)11)3-4-10(7)6-12-15(13)14/h3-5,8,12H,6,11H2,1-2H3,(H,13,14)/p-1/t8-/m1/s1. The van der Waals surface area contributed by atoms with Crippen LogP contribution in [0.15, 0.2) is 18.2 Å². The Labute approximate surface area is 92.3 Å². The minimum absolute atomic E-state index is 0.000602. The van der Waals surface area contributed by atoms with Crippen molar-refractivity contribution in [3.05, 3.63) is 34.9 Å². The number of aryl methyl sites for hydroxylation is 1. The average molecular weight is 227 g/mol. The molecule has 3 N–H and O–H groups in total. The molecule has 0 heterocycles. The van der Waals surface area contributed by atoms with Crippen molar-refractivity contribution in [1.82, 2.24) is 4.72 Å². The summed E-state index contributed by atoms with van der Waals surface area (Å²) < 4.78 is 23.0. The van der Waals surface area contributed by atoms with E-state index in [-0.39, 0.29) is 6.04 Å². The molecule has 0 spiro atoms. The first-order valence-corrected chi connectivity index (χ1v) is 5.76. The highest BCUT2D eigenvalue weighted by Crippen LogP contribution is 2.15. The molecule has 0 aromatic heterocycles. The van der Waals surface area contributed by atoms with Crippen LogP contribution < -0.4 is 10.5 Å². The summed E-state index contributed by atoms with van der Waals surface area (Å²) in [5.41, 5.74) is 8.80. The summed E-state index contributed by atoms with van der Waals surface area (Å²) in [5.74, 6) is 0. The molecular formula is C10H15N2O2S-. The Morgan fingerprint density at radius 3 is 2.73 bits per heavy atom. The second-order valence-corrected chi connectivity index (χ2v) is 4.29. The number of rotatable bonds is 4. The predicted molar refractivity (Wildman–Crippen MR) is 59.5 cm³/mol. The van der Waals surface area contributed by atoms with Gasteiger partial charge in [-0.25, -0.2) is 4.72 Å². The zero-order valence-corrected chi connectivity index (χ0v) is 9.64. The first-order chi connectivity index (χ1) is 7.00. The lowest BCUT2D eigenvalue weighted by Crippen LogP contribution is -2.16. The monoisotopic (exact) mass is 227 g/mol. The fourth-order valence-corrected chi connectivity index (χ4v) is 1.61. The molecule has 1 aromatic carbocycles. The molecular weight excluding hydrogens is 212 g/mol. The van der Waals surface area contributed by atoms with E-state index in [1.54, 1.807) is 0 Å². The fourth-order valence-electron chi connectivity index (χ4n) is 1.34. The van der Waals surface area contributed by atoms with E-state index in [2.05, 4.69) is 4.72 Å². The molecule has 1 unspecified atom stereocenters. The molecule has 0 amide bonds. The quantitative estimate of drug-likeness (QED) is 0.750. The largest absolute Gasteiger partial charge is 0.760 e. The Balaban J connectivity index is 2.79. The van der Waals surface area contributed by atoms with Crippen molar-refractivity contribution in [3.8, 4) is 0 Å². The summed E-state index contributed by atoms with van der Waals surface area (Å²) in [4.78, 5) is 0. The molecule has 5 heteroatoms. The molecule has 0 bridgehead atoms. The van der Waals surface area contributed by atoms with Gasteiger partial charge in [-0.15, -0.1) is 0 Å².